The van der Waals surface area contributed by atoms with Crippen molar-refractivity contribution in [1.82, 2.24) is 4.98 Å². The molecular formula is C11H17NO2S. The molecule has 0 saturated carbocycles. The maximum Gasteiger partial charge on any atom is 0.349 e. The molecule has 0 radical (unpaired) electrons. The molecule has 0 amide bonds. The van der Waals surface area contributed by atoms with Crippen LogP contribution in [0.2, 0.25) is 0 Å². The van der Waals surface area contributed by atoms with Gasteiger partial charge in [0.1, 0.15) is 4.88 Å². The monoisotopic (exact) mass is 227 g/mol. The van der Waals surface area contributed by atoms with E-state index in [1.807, 2.05) is 0 Å². The number of thiazole rings is 1. The zero-order valence-corrected chi connectivity index (χ0v) is 10.1. The number of hydrogen-bond acceptors (Lipinski definition) is 4. The smallest absolute Gasteiger partial charge is 0.349 e. The molecule has 15 heavy (non-hydrogen) atoms. The lowest BCUT2D eigenvalue weighted by atomic mass is 10.4. The number of hydrogen-bond donors (Lipinski definition) is 0. The second-order valence-corrected chi connectivity index (χ2v) is 4.47. The number of unbranched alkanes of at least 4 members (excludes halogenated alkanes) is 1. The molecule has 0 aliphatic heterocycles. The summed E-state index contributed by atoms with van der Waals surface area (Å²) in [5.74, 6) is -0.233. The molecule has 3 nitrogen and oxygen atoms in total. The Hall–Kier alpha value is -0.900. The van der Waals surface area contributed by atoms with E-state index in [9.17, 15) is 4.79 Å². The Morgan fingerprint density at radius 3 is 2.93 bits per heavy atom. The third kappa shape index (κ3) is 4.00. The Balaban J connectivity index is 2.43. The zero-order valence-electron chi connectivity index (χ0n) is 9.28. The summed E-state index contributed by atoms with van der Waals surface area (Å²) >= 11 is 1.44. The minimum absolute atomic E-state index is 0.233. The molecule has 0 atom stereocenters. The summed E-state index contributed by atoms with van der Waals surface area (Å²) < 4.78 is 5.09. The minimum Gasteiger partial charge on any atom is -0.461 e. The van der Waals surface area contributed by atoms with E-state index >= 15 is 0 Å². The van der Waals surface area contributed by atoms with Gasteiger partial charge in [0.05, 0.1) is 17.8 Å². The number of carbonyl (C=O) groups is 1. The highest BCUT2D eigenvalue weighted by molar-refractivity contribution is 7.13. The number of nitrogens with zero attached hydrogens (tertiary/aromatic N) is 1. The van der Waals surface area contributed by atoms with Crippen LogP contribution in [0.5, 0.6) is 0 Å². The quantitative estimate of drug-likeness (QED) is 0.554. The van der Waals surface area contributed by atoms with Crippen LogP contribution in [0.4, 0.5) is 0 Å². The van der Waals surface area contributed by atoms with Crippen molar-refractivity contribution in [2.45, 2.75) is 39.5 Å². The molecule has 0 aliphatic rings. The molecule has 0 aliphatic carbocycles. The average molecular weight is 227 g/mol. The van der Waals surface area contributed by atoms with Gasteiger partial charge in [0.2, 0.25) is 0 Å². The summed E-state index contributed by atoms with van der Waals surface area (Å²) in [5, 5.41) is 1.01. The lowest BCUT2D eigenvalue weighted by molar-refractivity contribution is 0.0505. The van der Waals surface area contributed by atoms with Gasteiger partial charge in [-0.25, -0.2) is 9.78 Å². The van der Waals surface area contributed by atoms with E-state index in [1.54, 1.807) is 6.20 Å². The van der Waals surface area contributed by atoms with Gasteiger partial charge < -0.3 is 4.74 Å². The van der Waals surface area contributed by atoms with Crippen LogP contribution in [0.3, 0.4) is 0 Å². The van der Waals surface area contributed by atoms with Gasteiger partial charge in [-0.05, 0) is 19.3 Å². The third-order valence-corrected chi connectivity index (χ3v) is 2.99. The molecule has 0 bridgehead atoms. The topological polar surface area (TPSA) is 39.2 Å². The molecule has 0 saturated heterocycles. The van der Waals surface area contributed by atoms with Crippen LogP contribution in [-0.2, 0) is 11.2 Å². The Kier molecular flexibility index (Phi) is 5.32. The predicted octanol–water partition coefficient (Wildman–Crippen LogP) is 3.05. The lowest BCUT2D eigenvalue weighted by Gasteiger charge is -2.00. The molecule has 0 N–H and O–H groups in total. The van der Waals surface area contributed by atoms with E-state index in [0.717, 1.165) is 30.7 Å². The molecule has 84 valence electrons. The van der Waals surface area contributed by atoms with Crippen LogP contribution in [0.25, 0.3) is 0 Å². The maximum atomic E-state index is 11.5. The van der Waals surface area contributed by atoms with Crippen LogP contribution < -0.4 is 0 Å². The van der Waals surface area contributed by atoms with Crippen LogP contribution in [-0.4, -0.2) is 17.6 Å². The van der Waals surface area contributed by atoms with Crippen molar-refractivity contribution >= 4 is 17.3 Å². The van der Waals surface area contributed by atoms with Gasteiger partial charge in [-0.1, -0.05) is 20.3 Å². The highest BCUT2D eigenvalue weighted by Gasteiger charge is 2.10. The van der Waals surface area contributed by atoms with E-state index in [1.165, 1.54) is 11.3 Å². The van der Waals surface area contributed by atoms with Gasteiger partial charge in [-0.15, -0.1) is 11.3 Å². The van der Waals surface area contributed by atoms with Crippen LogP contribution in [0.1, 0.15) is 47.8 Å². The van der Waals surface area contributed by atoms with Crippen LogP contribution >= 0.6 is 11.3 Å². The van der Waals surface area contributed by atoms with E-state index in [2.05, 4.69) is 18.8 Å². The lowest BCUT2D eigenvalue weighted by Crippen LogP contribution is -2.04. The molecule has 0 spiro atoms. The molecule has 0 unspecified atom stereocenters. The fourth-order valence-electron chi connectivity index (χ4n) is 1.11. The first-order valence-electron chi connectivity index (χ1n) is 5.39. The number of aromatic nitrogens is 1. The molecule has 0 aromatic carbocycles. The van der Waals surface area contributed by atoms with E-state index in [4.69, 9.17) is 4.74 Å². The maximum absolute atomic E-state index is 11.5. The van der Waals surface area contributed by atoms with Gasteiger partial charge in [-0.2, -0.15) is 0 Å². The van der Waals surface area contributed by atoms with E-state index < -0.39 is 0 Å². The van der Waals surface area contributed by atoms with Crippen molar-refractivity contribution in [1.29, 1.82) is 0 Å². The average Bonchev–Trinajstić information content (AvgIpc) is 2.67. The van der Waals surface area contributed by atoms with Crippen molar-refractivity contribution in [3.8, 4) is 0 Å². The number of carbonyl (C=O) groups excluding carboxylic acids is 1. The summed E-state index contributed by atoms with van der Waals surface area (Å²) in [7, 11) is 0. The molecule has 1 heterocycles. The largest absolute Gasteiger partial charge is 0.461 e. The second-order valence-electron chi connectivity index (χ2n) is 3.36. The third-order valence-electron chi connectivity index (χ3n) is 1.95. The number of ether oxygens (including phenoxy) is 1. The number of aryl methyl sites for hydroxylation is 1. The Morgan fingerprint density at radius 1 is 1.47 bits per heavy atom. The van der Waals surface area contributed by atoms with Crippen molar-refractivity contribution in [3.05, 3.63) is 16.1 Å². The molecule has 4 heteroatoms. The van der Waals surface area contributed by atoms with Crippen LogP contribution in [0, 0.1) is 0 Å². The summed E-state index contributed by atoms with van der Waals surface area (Å²) in [6, 6.07) is 0. The van der Waals surface area contributed by atoms with Crippen molar-refractivity contribution in [3.63, 3.8) is 0 Å². The van der Waals surface area contributed by atoms with Gasteiger partial charge in [0, 0.05) is 0 Å². The first-order valence-corrected chi connectivity index (χ1v) is 6.21. The van der Waals surface area contributed by atoms with Crippen molar-refractivity contribution in [2.75, 3.05) is 6.61 Å². The molecule has 1 aromatic rings. The fraction of sp³-hybridized carbons (Fsp3) is 0.636. The molecule has 0 fully saturated rings. The summed E-state index contributed by atoms with van der Waals surface area (Å²) in [6.07, 6.45) is 5.57. The van der Waals surface area contributed by atoms with Crippen molar-refractivity contribution in [2.24, 2.45) is 0 Å². The zero-order chi connectivity index (χ0) is 11.1. The first kappa shape index (κ1) is 12.2. The highest BCUT2D eigenvalue weighted by Crippen LogP contribution is 2.15. The second kappa shape index (κ2) is 6.56. The number of esters is 1. The van der Waals surface area contributed by atoms with E-state index in [0.29, 0.717) is 11.5 Å². The molecule has 1 rings (SSSR count). The Bertz CT molecular complexity index is 309. The molecule has 1 aromatic heterocycles. The van der Waals surface area contributed by atoms with Gasteiger partial charge in [0.25, 0.3) is 0 Å². The summed E-state index contributed by atoms with van der Waals surface area (Å²) in [4.78, 5) is 16.3. The predicted molar refractivity (Wildman–Crippen MR) is 61.3 cm³/mol. The van der Waals surface area contributed by atoms with Gasteiger partial charge >= 0.3 is 5.97 Å². The Labute approximate surface area is 94.5 Å². The SMILES string of the molecule is CCCCOC(=O)c1cnc(CCC)s1. The standard InChI is InChI=1S/C11H17NO2S/c1-3-5-7-14-11(13)9-8-12-10(15-9)6-4-2/h8H,3-7H2,1-2H3. The van der Waals surface area contributed by atoms with Gasteiger partial charge in [0.15, 0.2) is 0 Å². The minimum atomic E-state index is -0.233. The number of rotatable bonds is 6. The summed E-state index contributed by atoms with van der Waals surface area (Å²) in [6.45, 7) is 4.68. The van der Waals surface area contributed by atoms with Crippen LogP contribution in [0.15, 0.2) is 6.20 Å². The first-order chi connectivity index (χ1) is 7.27. The molecular weight excluding hydrogens is 210 g/mol. The highest BCUT2D eigenvalue weighted by atomic mass is 32.1. The summed E-state index contributed by atoms with van der Waals surface area (Å²) in [5.41, 5.74) is 0. The van der Waals surface area contributed by atoms with Gasteiger partial charge in [-0.3, -0.25) is 0 Å². The van der Waals surface area contributed by atoms with E-state index in [-0.39, 0.29) is 5.97 Å². The normalized spacial score (nSPS) is 10.3. The van der Waals surface area contributed by atoms with Crippen molar-refractivity contribution < 1.29 is 9.53 Å². The Morgan fingerprint density at radius 2 is 2.27 bits per heavy atom. The fourth-order valence-corrected chi connectivity index (χ4v) is 2.03.